The van der Waals surface area contributed by atoms with Crippen LogP contribution in [0.1, 0.15) is 10.4 Å². The Hall–Kier alpha value is -2.82. The number of nitrogens with one attached hydrogen (secondary N) is 1. The van der Waals surface area contributed by atoms with E-state index in [-0.39, 0.29) is 11.4 Å². The summed E-state index contributed by atoms with van der Waals surface area (Å²) in [6.45, 7) is 0. The first-order valence-corrected chi connectivity index (χ1v) is 6.00. The molecule has 0 saturated heterocycles. The minimum atomic E-state index is -0.414. The third-order valence-corrected chi connectivity index (χ3v) is 2.91. The number of amides is 1. The Morgan fingerprint density at radius 1 is 1.05 bits per heavy atom. The number of anilines is 1. The van der Waals surface area contributed by atoms with Crippen molar-refractivity contribution in [3.05, 3.63) is 66.4 Å². The number of nitrogens with zero attached hydrogens (tertiary/aromatic N) is 2. The van der Waals surface area contributed by atoms with Crippen molar-refractivity contribution in [2.45, 2.75) is 0 Å². The zero-order chi connectivity index (χ0) is 13.9. The van der Waals surface area contributed by atoms with Crippen LogP contribution in [0.3, 0.4) is 0 Å². The lowest BCUT2D eigenvalue weighted by atomic mass is 10.1. The number of halogens is 1. The molecule has 0 spiro atoms. The van der Waals surface area contributed by atoms with Gasteiger partial charge in [0.05, 0.1) is 5.69 Å². The van der Waals surface area contributed by atoms with Crippen molar-refractivity contribution in [1.29, 1.82) is 0 Å². The number of pyridine rings is 2. The van der Waals surface area contributed by atoms with Crippen LogP contribution >= 0.6 is 0 Å². The molecule has 1 N–H and O–H groups in total. The second-order valence-electron chi connectivity index (χ2n) is 4.18. The van der Waals surface area contributed by atoms with E-state index < -0.39 is 5.82 Å². The van der Waals surface area contributed by atoms with E-state index in [0.29, 0.717) is 16.6 Å². The molecule has 1 amide bonds. The molecule has 0 saturated carbocycles. The number of benzene rings is 1. The molecule has 5 heteroatoms. The van der Waals surface area contributed by atoms with Crippen molar-refractivity contribution in [3.8, 4) is 0 Å². The Kier molecular flexibility index (Phi) is 3.09. The SMILES string of the molecule is O=C(Nc1ccnc2c(F)cccc12)c1ccncc1. The summed E-state index contributed by atoms with van der Waals surface area (Å²) < 4.78 is 13.6. The maximum absolute atomic E-state index is 13.6. The van der Waals surface area contributed by atoms with E-state index in [1.165, 1.54) is 12.3 Å². The van der Waals surface area contributed by atoms with Gasteiger partial charge < -0.3 is 5.32 Å². The number of para-hydroxylation sites is 1. The first-order chi connectivity index (χ1) is 9.75. The van der Waals surface area contributed by atoms with E-state index in [4.69, 9.17) is 0 Å². The Bertz CT molecular complexity index is 774. The van der Waals surface area contributed by atoms with Gasteiger partial charge >= 0.3 is 0 Å². The van der Waals surface area contributed by atoms with Gasteiger partial charge in [0.2, 0.25) is 0 Å². The van der Waals surface area contributed by atoms with Gasteiger partial charge in [-0.15, -0.1) is 0 Å². The first-order valence-electron chi connectivity index (χ1n) is 6.00. The predicted octanol–water partition coefficient (Wildman–Crippen LogP) is 3.02. The average molecular weight is 267 g/mol. The summed E-state index contributed by atoms with van der Waals surface area (Å²) in [4.78, 5) is 19.9. The van der Waals surface area contributed by atoms with Gasteiger partial charge in [-0.3, -0.25) is 14.8 Å². The van der Waals surface area contributed by atoms with E-state index >= 15 is 0 Å². The lowest BCUT2D eigenvalue weighted by molar-refractivity contribution is 0.102. The molecule has 1 aromatic carbocycles. The largest absolute Gasteiger partial charge is 0.321 e. The lowest BCUT2D eigenvalue weighted by Gasteiger charge is -2.08. The summed E-state index contributed by atoms with van der Waals surface area (Å²) >= 11 is 0. The van der Waals surface area contributed by atoms with Gasteiger partial charge in [-0.05, 0) is 24.3 Å². The molecule has 2 heterocycles. The van der Waals surface area contributed by atoms with Crippen LogP contribution in [0.5, 0.6) is 0 Å². The third-order valence-electron chi connectivity index (χ3n) is 2.91. The smallest absolute Gasteiger partial charge is 0.255 e. The van der Waals surface area contributed by atoms with Crippen LogP contribution in [-0.4, -0.2) is 15.9 Å². The average Bonchev–Trinajstić information content (AvgIpc) is 2.49. The maximum Gasteiger partial charge on any atom is 0.255 e. The van der Waals surface area contributed by atoms with Gasteiger partial charge in [-0.25, -0.2) is 4.39 Å². The molecule has 2 aromatic heterocycles. The summed E-state index contributed by atoms with van der Waals surface area (Å²) in [5, 5.41) is 3.32. The molecule has 0 aliphatic rings. The van der Waals surface area contributed by atoms with Gasteiger partial charge in [0, 0.05) is 29.5 Å². The van der Waals surface area contributed by atoms with Crippen molar-refractivity contribution in [2.75, 3.05) is 5.32 Å². The molecule has 0 aliphatic heterocycles. The highest BCUT2D eigenvalue weighted by Gasteiger charge is 2.10. The molecule has 3 rings (SSSR count). The number of carbonyl (C=O) groups is 1. The number of rotatable bonds is 2. The number of fused-ring (bicyclic) bond motifs is 1. The Balaban J connectivity index is 2.00. The summed E-state index contributed by atoms with van der Waals surface area (Å²) in [6, 6.07) is 9.50. The Labute approximate surface area is 114 Å². The zero-order valence-corrected chi connectivity index (χ0v) is 10.4. The third kappa shape index (κ3) is 2.21. The van der Waals surface area contributed by atoms with E-state index in [0.717, 1.165) is 0 Å². The monoisotopic (exact) mass is 267 g/mol. The van der Waals surface area contributed by atoms with Crippen molar-refractivity contribution < 1.29 is 9.18 Å². The molecular formula is C15H10FN3O. The van der Waals surface area contributed by atoms with Crippen molar-refractivity contribution in [1.82, 2.24) is 9.97 Å². The van der Waals surface area contributed by atoms with Gasteiger partial charge in [0.1, 0.15) is 11.3 Å². The van der Waals surface area contributed by atoms with Gasteiger partial charge in [-0.1, -0.05) is 12.1 Å². The second-order valence-corrected chi connectivity index (χ2v) is 4.18. The van der Waals surface area contributed by atoms with Crippen LogP contribution in [0.15, 0.2) is 55.0 Å². The van der Waals surface area contributed by atoms with Crippen LogP contribution in [0.25, 0.3) is 10.9 Å². The topological polar surface area (TPSA) is 54.9 Å². The van der Waals surface area contributed by atoms with Crippen molar-refractivity contribution in [3.63, 3.8) is 0 Å². The zero-order valence-electron chi connectivity index (χ0n) is 10.4. The van der Waals surface area contributed by atoms with Crippen LogP contribution in [0.4, 0.5) is 10.1 Å². The standard InChI is InChI=1S/C15H10FN3O/c16-12-3-1-2-11-13(6-9-18-14(11)12)19-15(20)10-4-7-17-8-5-10/h1-9H,(H,18,19,20). The number of hydrogen-bond donors (Lipinski definition) is 1. The normalized spacial score (nSPS) is 10.4. The van der Waals surface area contributed by atoms with E-state index in [1.54, 1.807) is 42.7 Å². The fraction of sp³-hybridized carbons (Fsp3) is 0. The van der Waals surface area contributed by atoms with Crippen LogP contribution in [-0.2, 0) is 0 Å². The molecular weight excluding hydrogens is 257 g/mol. The molecule has 0 radical (unpaired) electrons. The lowest BCUT2D eigenvalue weighted by Crippen LogP contribution is -2.12. The Morgan fingerprint density at radius 2 is 1.85 bits per heavy atom. The van der Waals surface area contributed by atoms with Crippen LogP contribution < -0.4 is 5.32 Å². The van der Waals surface area contributed by atoms with Crippen LogP contribution in [0, 0.1) is 5.82 Å². The van der Waals surface area contributed by atoms with Gasteiger partial charge in [0.25, 0.3) is 5.91 Å². The molecule has 20 heavy (non-hydrogen) atoms. The minimum Gasteiger partial charge on any atom is -0.321 e. The highest BCUT2D eigenvalue weighted by atomic mass is 19.1. The summed E-state index contributed by atoms with van der Waals surface area (Å²) in [6.07, 6.45) is 4.55. The quantitative estimate of drug-likeness (QED) is 0.776. The van der Waals surface area contributed by atoms with E-state index in [9.17, 15) is 9.18 Å². The summed E-state index contributed by atoms with van der Waals surface area (Å²) in [5.41, 5.74) is 1.25. The predicted molar refractivity (Wildman–Crippen MR) is 73.9 cm³/mol. The molecule has 98 valence electrons. The second kappa shape index (κ2) is 5.05. The summed E-state index contributed by atoms with van der Waals surface area (Å²) in [7, 11) is 0. The number of aromatic nitrogens is 2. The number of carbonyl (C=O) groups excluding carboxylic acids is 1. The maximum atomic E-state index is 13.6. The van der Waals surface area contributed by atoms with E-state index in [1.807, 2.05) is 0 Å². The van der Waals surface area contributed by atoms with E-state index in [2.05, 4.69) is 15.3 Å². The molecule has 0 aliphatic carbocycles. The molecule has 0 fully saturated rings. The summed E-state index contributed by atoms with van der Waals surface area (Å²) in [5.74, 6) is -0.688. The number of hydrogen-bond acceptors (Lipinski definition) is 3. The first kappa shape index (κ1) is 12.2. The van der Waals surface area contributed by atoms with Gasteiger partial charge in [-0.2, -0.15) is 0 Å². The van der Waals surface area contributed by atoms with Crippen LogP contribution in [0.2, 0.25) is 0 Å². The van der Waals surface area contributed by atoms with Crippen molar-refractivity contribution >= 4 is 22.5 Å². The van der Waals surface area contributed by atoms with Crippen molar-refractivity contribution in [2.24, 2.45) is 0 Å². The molecule has 4 nitrogen and oxygen atoms in total. The molecule has 3 aromatic rings. The highest BCUT2D eigenvalue weighted by Crippen LogP contribution is 2.23. The Morgan fingerprint density at radius 3 is 2.65 bits per heavy atom. The molecule has 0 bridgehead atoms. The minimum absolute atomic E-state index is 0.236. The fourth-order valence-corrected chi connectivity index (χ4v) is 1.95. The highest BCUT2D eigenvalue weighted by molar-refractivity contribution is 6.08. The molecule has 0 atom stereocenters. The molecule has 0 unspecified atom stereocenters. The van der Waals surface area contributed by atoms with Gasteiger partial charge in [0.15, 0.2) is 0 Å². The fourth-order valence-electron chi connectivity index (χ4n) is 1.95.